The molecule has 0 aromatic heterocycles. The van der Waals surface area contributed by atoms with Crippen molar-refractivity contribution < 1.29 is 22.9 Å². The fourth-order valence-corrected chi connectivity index (χ4v) is 185. The second-order valence-electron chi connectivity index (χ2n) is 20.7. The molecule has 20 heterocycles. The van der Waals surface area contributed by atoms with E-state index in [9.17, 15) is 9.90 Å². The van der Waals surface area contributed by atoms with Crippen LogP contribution in [0.3, 0.4) is 0 Å². The topological polar surface area (TPSA) is 49.3 Å². The van der Waals surface area contributed by atoms with Crippen molar-refractivity contribution in [2.45, 2.75) is 101 Å². The Morgan fingerprint density at radius 3 is 1.18 bits per heavy atom. The predicted molar refractivity (Wildman–Crippen MR) is 92.3 cm³/mol. The number of hydrogen-bond donors (Lipinski definition) is 2. The van der Waals surface area contributed by atoms with E-state index in [-0.39, 0.29) is 0 Å². The minimum absolute atomic E-state index is 0.334. The van der Waals surface area contributed by atoms with Crippen molar-refractivity contribution in [3.63, 3.8) is 0 Å². The fourth-order valence-electron chi connectivity index (χ4n) is 35.2. The summed E-state index contributed by atoms with van der Waals surface area (Å²) in [4.78, 5) is 37.1. The molecule has 2 N–H and O–H groups in total. The second kappa shape index (κ2) is 0.711. The standard InChI is InChI=1S/C13H13NO2.2C5H5.2Fe/c15-12(16)9-14-13(10-5-1-2-6-10)11-7-3-4-8-11;2*1-2-4-5-3-1;;/h1-8,13-14H,9H2,(H,15,16);2*1-5H;;. The Morgan fingerprint density at radius 2 is 1.00 bits per heavy atom. The molecule has 0 bridgehead atoms. The van der Waals surface area contributed by atoms with Crippen LogP contribution in [0, 0.1) is 0 Å². The van der Waals surface area contributed by atoms with E-state index in [1.165, 1.54) is 86.7 Å². The number of carbonyl (C=O) groups is 1. The Morgan fingerprint density at radius 1 is 0.679 bits per heavy atom. The summed E-state index contributed by atoms with van der Waals surface area (Å²) in [5.41, 5.74) is 0. The Kier molecular flexibility index (Phi) is 0.242. The van der Waals surface area contributed by atoms with Gasteiger partial charge in [0.1, 0.15) is 0 Å². The fraction of sp³-hybridized carbons (Fsp3) is 0.957. The summed E-state index contributed by atoms with van der Waals surface area (Å²) in [7, 11) is 0. The first kappa shape index (κ1) is 9.53. The molecule has 8 unspecified atom stereocenters. The van der Waals surface area contributed by atoms with Gasteiger partial charge in [0.05, 0.1) is 0 Å². The summed E-state index contributed by atoms with van der Waals surface area (Å²) in [5.74, 6) is -0.539. The molecular formula is C23H23Fe2NO2. The minimum atomic E-state index is -3.20. The first-order chi connectivity index (χ1) is 13.1. The molecule has 148 valence electrons. The Hall–Kier alpha value is 0.469. The Labute approximate surface area is 141 Å². The molecule has 8 atom stereocenters. The SMILES string of the molecule is O=C(O)CNC([C]12[CH]3[CH]4[CH]5[CH]1[Fe]45321678[CH]2[CH]1[CH]6[CH]7[CH]28)[C]12[CH]3[CH]4[CH]5[CH]1[Fe]45321678[CH]2[CH]1[CH]6[CH]7[CH]28. The third-order valence-corrected chi connectivity index (χ3v) is 116. The Bertz CT molecular complexity index is 1860. The van der Waals surface area contributed by atoms with E-state index in [4.69, 9.17) is 0 Å². The third-order valence-electron chi connectivity index (χ3n) is 30.9. The van der Waals surface area contributed by atoms with Crippen LogP contribution in [0.15, 0.2) is 0 Å². The molecule has 20 fully saturated rings. The molecule has 20 aliphatic rings. The molecule has 0 saturated carbocycles. The molecular weight excluding hydrogens is 434 g/mol. The summed E-state index contributed by atoms with van der Waals surface area (Å²) in [6.45, 7) is -6.06. The van der Waals surface area contributed by atoms with Crippen LogP contribution in [0.5, 0.6) is 0 Å². The first-order valence-corrected chi connectivity index (χ1v) is 25.1. The van der Waals surface area contributed by atoms with Crippen LogP contribution in [0.25, 0.3) is 0 Å². The van der Waals surface area contributed by atoms with Gasteiger partial charge >= 0.3 is 142 Å². The monoisotopic (exact) mass is 457 g/mol. The van der Waals surface area contributed by atoms with Gasteiger partial charge < -0.3 is 0 Å². The van der Waals surface area contributed by atoms with E-state index >= 15 is 0 Å². The van der Waals surface area contributed by atoms with E-state index in [1.54, 1.807) is 0 Å². The Balaban J connectivity index is 1.09. The second-order valence-corrected chi connectivity index (χ2v) is 67.9. The number of nitrogens with one attached hydrogen (secondary N) is 1. The molecule has 0 aromatic carbocycles. The molecule has 0 radical (unpaired) electrons. The molecule has 0 aliphatic carbocycles. The van der Waals surface area contributed by atoms with Gasteiger partial charge in [0, 0.05) is 0 Å². The summed E-state index contributed by atoms with van der Waals surface area (Å²) in [6, 6.07) is 0.860. The summed E-state index contributed by atoms with van der Waals surface area (Å²) in [6.07, 6.45) is 0. The number of carboxylic acid groups (broad SMARTS) is 1. The van der Waals surface area contributed by atoms with Crippen LogP contribution in [0.1, 0.15) is 0 Å². The summed E-state index contributed by atoms with van der Waals surface area (Å²) >= 11 is 0. The van der Waals surface area contributed by atoms with Crippen molar-refractivity contribution in [1.29, 1.82) is 0 Å². The zero-order valence-corrected chi connectivity index (χ0v) is 17.4. The molecule has 0 amide bonds. The maximum absolute atomic E-state index is 11.9. The number of carboxylic acids is 1. The van der Waals surface area contributed by atoms with Crippen LogP contribution in [-0.4, -0.2) is 23.7 Å². The molecule has 20 aliphatic heterocycles. The molecule has 0 aromatic rings. The van der Waals surface area contributed by atoms with Crippen molar-refractivity contribution in [3.05, 3.63) is 0 Å². The average molecular weight is 457 g/mol. The van der Waals surface area contributed by atoms with Crippen LogP contribution >= 0.6 is 0 Å². The third kappa shape index (κ3) is 0.0873. The van der Waals surface area contributed by atoms with E-state index in [2.05, 4.69) is 5.32 Å². The van der Waals surface area contributed by atoms with Gasteiger partial charge in [-0.15, -0.1) is 0 Å². The molecule has 5 heteroatoms. The molecule has 20 rings (SSSR count). The number of rotatable bonds is 5. The average Bonchev–Trinajstić information content (AvgIpc) is 3.56. The number of hydrogen-bond acceptors (Lipinski definition) is 2. The van der Waals surface area contributed by atoms with E-state index < -0.39 is 19.0 Å². The number of fused-ring (bicyclic) bond motifs is 20. The van der Waals surface area contributed by atoms with Gasteiger partial charge in [0.25, 0.3) is 0 Å². The van der Waals surface area contributed by atoms with Gasteiger partial charge in [-0.1, -0.05) is 0 Å². The van der Waals surface area contributed by atoms with Crippen molar-refractivity contribution in [2.24, 2.45) is 0 Å². The summed E-state index contributed by atoms with van der Waals surface area (Å²) in [5, 5.41) is 13.9. The zero-order chi connectivity index (χ0) is 16.6. The quantitative estimate of drug-likeness (QED) is 0.533. The van der Waals surface area contributed by atoms with Crippen molar-refractivity contribution in [3.8, 4) is 0 Å². The van der Waals surface area contributed by atoms with Gasteiger partial charge in [-0.25, -0.2) is 0 Å². The van der Waals surface area contributed by atoms with Crippen LogP contribution < -0.4 is 5.32 Å². The van der Waals surface area contributed by atoms with Crippen molar-refractivity contribution in [1.82, 2.24) is 5.32 Å². The van der Waals surface area contributed by atoms with Crippen LogP contribution in [-0.2, 0) is 17.8 Å². The first-order valence-electron chi connectivity index (χ1n) is 12.5. The predicted octanol–water partition coefficient (Wildman–Crippen LogP) is 5.55. The molecule has 3 nitrogen and oxygen atoms in total. The molecule has 20 saturated heterocycles. The van der Waals surface area contributed by atoms with E-state index in [0.29, 0.717) is 6.54 Å². The van der Waals surface area contributed by atoms with Gasteiger partial charge in [-0.05, 0) is 0 Å². The van der Waals surface area contributed by atoms with E-state index in [0.717, 1.165) is 14.7 Å². The van der Waals surface area contributed by atoms with E-state index in [1.807, 2.05) is 0 Å². The van der Waals surface area contributed by atoms with Crippen molar-refractivity contribution in [2.75, 3.05) is 6.54 Å². The van der Waals surface area contributed by atoms with Gasteiger partial charge in [-0.3, -0.25) is 0 Å². The van der Waals surface area contributed by atoms with Crippen molar-refractivity contribution >= 4 is 5.97 Å². The normalized spacial score (nSPS) is 144. The van der Waals surface area contributed by atoms with Gasteiger partial charge in [0.2, 0.25) is 0 Å². The van der Waals surface area contributed by atoms with Gasteiger partial charge in [-0.2, -0.15) is 0 Å². The van der Waals surface area contributed by atoms with Gasteiger partial charge in [0.15, 0.2) is 0 Å². The molecule has 2 spiro atoms. The molecule has 28 heavy (non-hydrogen) atoms. The summed E-state index contributed by atoms with van der Waals surface area (Å²) < 4.78 is 1.85. The zero-order valence-electron chi connectivity index (χ0n) is 15.2. The van der Waals surface area contributed by atoms with Crippen LogP contribution in [0.4, 0.5) is 0 Å². The van der Waals surface area contributed by atoms with Crippen LogP contribution in [0.2, 0.25) is 95.3 Å². The maximum atomic E-state index is 11.9. The number of aliphatic carboxylic acids is 1.